The topological polar surface area (TPSA) is 35.5 Å². The van der Waals surface area contributed by atoms with Crippen LogP contribution >= 0.6 is 0 Å². The summed E-state index contributed by atoms with van der Waals surface area (Å²) in [7, 11) is 0. The first kappa shape index (κ1) is 17.5. The number of carbonyl (C=O) groups is 1. The summed E-state index contributed by atoms with van der Waals surface area (Å²) < 4.78 is 10.9. The predicted octanol–water partition coefficient (Wildman–Crippen LogP) is 4.44. The maximum atomic E-state index is 12.3. The second kappa shape index (κ2) is 9.36. The number of benzene rings is 2. The van der Waals surface area contributed by atoms with Crippen molar-refractivity contribution in [3.63, 3.8) is 0 Å². The molecule has 3 nitrogen and oxygen atoms in total. The summed E-state index contributed by atoms with van der Waals surface area (Å²) in [6.07, 6.45) is 4.04. The summed E-state index contributed by atoms with van der Waals surface area (Å²) in [5.74, 6) is 0.409. The van der Waals surface area contributed by atoms with E-state index in [0.717, 1.165) is 11.1 Å². The summed E-state index contributed by atoms with van der Waals surface area (Å²) >= 11 is 0. The zero-order chi connectivity index (χ0) is 17.2. The average molecular weight is 322 g/mol. The molecule has 2 aromatic carbocycles. The molecule has 0 saturated carbocycles. The van der Waals surface area contributed by atoms with Crippen LogP contribution in [0.1, 0.15) is 18.1 Å². The van der Waals surface area contributed by atoms with Crippen LogP contribution in [0.15, 0.2) is 72.8 Å². The second-order valence-electron chi connectivity index (χ2n) is 5.19. The van der Waals surface area contributed by atoms with E-state index in [1.54, 1.807) is 13.0 Å². The summed E-state index contributed by atoms with van der Waals surface area (Å²) in [4.78, 5) is 12.3. The molecule has 0 unspecified atom stereocenters. The smallest absolute Gasteiger partial charge is 0.334 e. The molecule has 0 bridgehead atoms. The van der Waals surface area contributed by atoms with Crippen LogP contribution in [0, 0.1) is 0 Å². The van der Waals surface area contributed by atoms with E-state index in [1.165, 1.54) is 0 Å². The zero-order valence-corrected chi connectivity index (χ0v) is 13.9. The first-order valence-electron chi connectivity index (χ1n) is 7.99. The maximum absolute atomic E-state index is 12.3. The summed E-state index contributed by atoms with van der Waals surface area (Å²) in [6, 6.07) is 17.5. The molecule has 124 valence electrons. The van der Waals surface area contributed by atoms with E-state index in [4.69, 9.17) is 9.47 Å². The van der Waals surface area contributed by atoms with Crippen LogP contribution in [-0.4, -0.2) is 19.2 Å². The van der Waals surface area contributed by atoms with E-state index in [0.29, 0.717) is 31.0 Å². The van der Waals surface area contributed by atoms with Gasteiger partial charge in [0.1, 0.15) is 12.4 Å². The predicted molar refractivity (Wildman–Crippen MR) is 96.9 cm³/mol. The van der Waals surface area contributed by atoms with E-state index < -0.39 is 0 Å². The Balaban J connectivity index is 2.34. The number of ether oxygens (including phenoxy) is 2. The van der Waals surface area contributed by atoms with Crippen LogP contribution in [0.25, 0.3) is 6.08 Å². The summed E-state index contributed by atoms with van der Waals surface area (Å²) in [5.41, 5.74) is 2.50. The van der Waals surface area contributed by atoms with Crippen LogP contribution in [0.5, 0.6) is 5.75 Å². The highest BCUT2D eigenvalue weighted by atomic mass is 16.5. The molecule has 0 N–H and O–H groups in total. The molecule has 0 saturated heterocycles. The van der Waals surface area contributed by atoms with Gasteiger partial charge in [0.2, 0.25) is 0 Å². The number of para-hydroxylation sites is 1. The fourth-order valence-electron chi connectivity index (χ4n) is 2.29. The number of hydrogen-bond acceptors (Lipinski definition) is 3. The standard InChI is InChI=1S/C21H22O3/c1-3-14-24-20-13-9-8-12-18(20)16-19(21(22)23-4-2)15-17-10-6-5-7-11-17/h3,5-13,16H,1,4,14-15H2,2H3/b19-16+. The highest BCUT2D eigenvalue weighted by Crippen LogP contribution is 2.23. The number of rotatable bonds is 8. The number of esters is 1. The third-order valence-electron chi connectivity index (χ3n) is 3.38. The van der Waals surface area contributed by atoms with Crippen LogP contribution in [0.3, 0.4) is 0 Å². The van der Waals surface area contributed by atoms with E-state index in [9.17, 15) is 4.79 Å². The van der Waals surface area contributed by atoms with Crippen molar-refractivity contribution in [1.82, 2.24) is 0 Å². The van der Waals surface area contributed by atoms with E-state index >= 15 is 0 Å². The quantitative estimate of drug-likeness (QED) is 0.409. The van der Waals surface area contributed by atoms with Gasteiger partial charge in [0.15, 0.2) is 0 Å². The Bertz CT molecular complexity index is 702. The molecular formula is C21H22O3. The van der Waals surface area contributed by atoms with E-state index in [1.807, 2.05) is 60.7 Å². The van der Waals surface area contributed by atoms with Gasteiger partial charge >= 0.3 is 5.97 Å². The van der Waals surface area contributed by atoms with Gasteiger partial charge in [0.25, 0.3) is 0 Å². The lowest BCUT2D eigenvalue weighted by atomic mass is 10.0. The van der Waals surface area contributed by atoms with E-state index in [-0.39, 0.29) is 5.97 Å². The molecule has 24 heavy (non-hydrogen) atoms. The first-order chi connectivity index (χ1) is 11.7. The zero-order valence-electron chi connectivity index (χ0n) is 13.9. The van der Waals surface area contributed by atoms with Gasteiger partial charge in [-0.3, -0.25) is 0 Å². The lowest BCUT2D eigenvalue weighted by Gasteiger charge is -2.10. The third kappa shape index (κ3) is 5.13. The monoisotopic (exact) mass is 322 g/mol. The molecule has 0 aliphatic carbocycles. The maximum Gasteiger partial charge on any atom is 0.334 e. The third-order valence-corrected chi connectivity index (χ3v) is 3.38. The van der Waals surface area contributed by atoms with Gasteiger partial charge in [0, 0.05) is 17.6 Å². The van der Waals surface area contributed by atoms with Crippen LogP contribution in [0.2, 0.25) is 0 Å². The normalized spacial score (nSPS) is 11.0. The largest absolute Gasteiger partial charge is 0.489 e. The molecule has 0 aliphatic rings. The Morgan fingerprint density at radius 2 is 1.79 bits per heavy atom. The van der Waals surface area contributed by atoms with Crippen molar-refractivity contribution in [2.45, 2.75) is 13.3 Å². The van der Waals surface area contributed by atoms with Crippen molar-refractivity contribution in [2.24, 2.45) is 0 Å². The Hall–Kier alpha value is -2.81. The van der Waals surface area contributed by atoms with Crippen LogP contribution < -0.4 is 4.74 Å². The van der Waals surface area contributed by atoms with Crippen molar-refractivity contribution in [3.8, 4) is 5.75 Å². The molecule has 0 aliphatic heterocycles. The summed E-state index contributed by atoms with van der Waals surface area (Å²) in [6.45, 7) is 6.23. The number of carbonyl (C=O) groups excluding carboxylic acids is 1. The van der Waals surface area contributed by atoms with Crippen molar-refractivity contribution in [3.05, 3.63) is 84.0 Å². The second-order valence-corrected chi connectivity index (χ2v) is 5.19. The van der Waals surface area contributed by atoms with Gasteiger partial charge in [-0.2, -0.15) is 0 Å². The minimum Gasteiger partial charge on any atom is -0.489 e. The van der Waals surface area contributed by atoms with Gasteiger partial charge in [-0.25, -0.2) is 4.79 Å². The van der Waals surface area contributed by atoms with Gasteiger partial charge in [-0.1, -0.05) is 61.2 Å². The number of hydrogen-bond donors (Lipinski definition) is 0. The van der Waals surface area contributed by atoms with Gasteiger partial charge in [-0.15, -0.1) is 0 Å². The SMILES string of the molecule is C=CCOc1ccccc1/C=C(\Cc1ccccc1)C(=O)OCC. The fourth-order valence-corrected chi connectivity index (χ4v) is 2.29. The molecular weight excluding hydrogens is 300 g/mol. The van der Waals surface area contributed by atoms with Crippen molar-refractivity contribution in [2.75, 3.05) is 13.2 Å². The highest BCUT2D eigenvalue weighted by molar-refractivity contribution is 5.94. The lowest BCUT2D eigenvalue weighted by Crippen LogP contribution is -2.10. The Morgan fingerprint density at radius 1 is 1.08 bits per heavy atom. The molecule has 0 amide bonds. The molecule has 2 aromatic rings. The van der Waals surface area contributed by atoms with Crippen molar-refractivity contribution >= 4 is 12.0 Å². The molecule has 3 heteroatoms. The first-order valence-corrected chi connectivity index (χ1v) is 7.99. The fraction of sp³-hybridized carbons (Fsp3) is 0.190. The lowest BCUT2D eigenvalue weighted by molar-refractivity contribution is -0.138. The minimum atomic E-state index is -0.306. The van der Waals surface area contributed by atoms with E-state index in [2.05, 4.69) is 6.58 Å². The summed E-state index contributed by atoms with van der Waals surface area (Å²) in [5, 5.41) is 0. The van der Waals surface area contributed by atoms with Crippen LogP contribution in [-0.2, 0) is 16.0 Å². The van der Waals surface area contributed by atoms with Crippen LogP contribution in [0.4, 0.5) is 0 Å². The van der Waals surface area contributed by atoms with Crippen molar-refractivity contribution < 1.29 is 14.3 Å². The Kier molecular flexibility index (Phi) is 6.84. The minimum absolute atomic E-state index is 0.306. The molecule has 0 heterocycles. The van der Waals surface area contributed by atoms with Gasteiger partial charge in [-0.05, 0) is 24.6 Å². The molecule has 0 radical (unpaired) electrons. The highest BCUT2D eigenvalue weighted by Gasteiger charge is 2.13. The Morgan fingerprint density at radius 3 is 2.50 bits per heavy atom. The molecule has 0 atom stereocenters. The molecule has 0 spiro atoms. The molecule has 0 fully saturated rings. The molecule has 2 rings (SSSR count). The van der Waals surface area contributed by atoms with Gasteiger partial charge in [0.05, 0.1) is 6.61 Å². The Labute approximate surface area is 143 Å². The molecule has 0 aromatic heterocycles. The van der Waals surface area contributed by atoms with Gasteiger partial charge < -0.3 is 9.47 Å². The average Bonchev–Trinajstić information content (AvgIpc) is 2.61. The van der Waals surface area contributed by atoms with Crippen molar-refractivity contribution in [1.29, 1.82) is 0 Å².